The number of pyridine rings is 1. The average Bonchev–Trinajstić information content (AvgIpc) is 3.00. The number of hydrogen-bond donors (Lipinski definition) is 3. The Hall–Kier alpha value is -2.91. The number of urea groups is 1. The van der Waals surface area contributed by atoms with Gasteiger partial charge in [0.05, 0.1) is 17.0 Å². The van der Waals surface area contributed by atoms with Crippen LogP contribution in [0.1, 0.15) is 0 Å². The maximum Gasteiger partial charge on any atom is 0.319 e. The molecule has 0 saturated carbocycles. The minimum atomic E-state index is -0.987. The Morgan fingerprint density at radius 3 is 2.78 bits per heavy atom. The van der Waals surface area contributed by atoms with Crippen LogP contribution in [0.4, 0.5) is 19.3 Å². The van der Waals surface area contributed by atoms with E-state index >= 15 is 0 Å². The summed E-state index contributed by atoms with van der Waals surface area (Å²) in [6.45, 7) is 0.564. The van der Waals surface area contributed by atoms with Crippen LogP contribution in [0.2, 0.25) is 5.02 Å². The van der Waals surface area contributed by atoms with Crippen LogP contribution in [0.3, 0.4) is 0 Å². The monoisotopic (exact) mass is 396 g/mol. The van der Waals surface area contributed by atoms with E-state index in [1.165, 1.54) is 25.6 Å². The van der Waals surface area contributed by atoms with Gasteiger partial charge in [0.15, 0.2) is 17.4 Å². The van der Waals surface area contributed by atoms with Gasteiger partial charge in [-0.25, -0.2) is 18.6 Å². The first-order chi connectivity index (χ1) is 13.0. The molecule has 1 aromatic carbocycles. The van der Waals surface area contributed by atoms with Crippen LogP contribution in [-0.2, 0) is 4.74 Å². The highest BCUT2D eigenvalue weighted by Gasteiger charge is 2.17. The molecule has 2 heterocycles. The first-order valence-electron chi connectivity index (χ1n) is 7.82. The third kappa shape index (κ3) is 4.26. The van der Waals surface area contributed by atoms with Crippen LogP contribution in [0.5, 0.6) is 11.5 Å². The third-order valence-electron chi connectivity index (χ3n) is 3.55. The third-order valence-corrected chi connectivity index (χ3v) is 3.85. The number of fused-ring (bicyclic) bond motifs is 1. The largest absolute Gasteiger partial charge is 0.450 e. The van der Waals surface area contributed by atoms with Gasteiger partial charge in [0.25, 0.3) is 0 Å². The number of aromatic amines is 1. The summed E-state index contributed by atoms with van der Waals surface area (Å²) in [5, 5.41) is 5.51. The molecule has 0 aliphatic heterocycles. The SMILES string of the molecule is COCCNC(=O)Nc1cc(F)c(Oc2ccnc3[nH]cc(Cl)c23)c(F)c1. The van der Waals surface area contributed by atoms with Gasteiger partial charge in [-0.1, -0.05) is 11.6 Å². The Balaban J connectivity index is 1.81. The molecule has 0 bridgehead atoms. The maximum absolute atomic E-state index is 14.4. The van der Waals surface area contributed by atoms with Crippen molar-refractivity contribution in [1.82, 2.24) is 15.3 Å². The van der Waals surface area contributed by atoms with E-state index in [1.807, 2.05) is 0 Å². The number of halogens is 3. The van der Waals surface area contributed by atoms with Gasteiger partial charge in [0, 0.05) is 43.9 Å². The number of anilines is 1. The lowest BCUT2D eigenvalue weighted by Crippen LogP contribution is -2.31. The molecule has 0 spiro atoms. The zero-order valence-electron chi connectivity index (χ0n) is 14.1. The summed E-state index contributed by atoms with van der Waals surface area (Å²) in [6.07, 6.45) is 2.91. The number of carbonyl (C=O) groups is 1. The smallest absolute Gasteiger partial charge is 0.319 e. The number of carbonyl (C=O) groups excluding carboxylic acids is 1. The van der Waals surface area contributed by atoms with Crippen molar-refractivity contribution < 1.29 is 23.0 Å². The topological polar surface area (TPSA) is 88.3 Å². The quantitative estimate of drug-likeness (QED) is 0.548. The molecule has 0 radical (unpaired) electrons. The second-order valence-corrected chi connectivity index (χ2v) is 5.82. The van der Waals surface area contributed by atoms with Gasteiger partial charge < -0.3 is 25.1 Å². The van der Waals surface area contributed by atoms with Crippen molar-refractivity contribution >= 4 is 34.4 Å². The van der Waals surface area contributed by atoms with E-state index < -0.39 is 23.4 Å². The minimum absolute atomic E-state index is 0.0631. The first-order valence-corrected chi connectivity index (χ1v) is 8.19. The second-order valence-electron chi connectivity index (χ2n) is 5.41. The van der Waals surface area contributed by atoms with Gasteiger partial charge in [0.2, 0.25) is 0 Å². The predicted molar refractivity (Wildman–Crippen MR) is 96.4 cm³/mol. The minimum Gasteiger partial charge on any atom is -0.450 e. The number of methoxy groups -OCH3 is 1. The lowest BCUT2D eigenvalue weighted by molar-refractivity contribution is 0.198. The van der Waals surface area contributed by atoms with Crippen LogP contribution < -0.4 is 15.4 Å². The first kappa shape index (κ1) is 18.9. The number of nitrogens with one attached hydrogen (secondary N) is 3. The fourth-order valence-corrected chi connectivity index (χ4v) is 2.59. The van der Waals surface area contributed by atoms with Crippen LogP contribution in [-0.4, -0.2) is 36.3 Å². The van der Waals surface area contributed by atoms with E-state index in [4.69, 9.17) is 21.1 Å². The Morgan fingerprint density at radius 1 is 1.33 bits per heavy atom. The molecule has 2 aromatic heterocycles. The van der Waals surface area contributed by atoms with E-state index in [2.05, 4.69) is 20.6 Å². The van der Waals surface area contributed by atoms with E-state index in [1.54, 1.807) is 0 Å². The zero-order valence-corrected chi connectivity index (χ0v) is 14.9. The number of ether oxygens (including phenoxy) is 2. The molecule has 0 atom stereocenters. The average molecular weight is 397 g/mol. The second kappa shape index (κ2) is 8.19. The molecule has 0 saturated heterocycles. The van der Waals surface area contributed by atoms with E-state index in [0.29, 0.717) is 22.7 Å². The molecule has 0 fully saturated rings. The molecular weight excluding hydrogens is 382 g/mol. The highest BCUT2D eigenvalue weighted by Crippen LogP contribution is 2.36. The van der Waals surface area contributed by atoms with Crippen molar-refractivity contribution in [2.75, 3.05) is 25.6 Å². The molecule has 27 heavy (non-hydrogen) atoms. The Labute approximate surface area is 157 Å². The van der Waals surface area contributed by atoms with Gasteiger partial charge in [-0.3, -0.25) is 0 Å². The number of benzene rings is 1. The standard InChI is InChI=1S/C17H15ClF2N4O3/c1-26-5-4-22-17(25)24-9-6-11(19)15(12(20)7-9)27-13-2-3-21-16-14(13)10(18)8-23-16/h2-3,6-8H,4-5H2,1H3,(H,21,23)(H2,22,24,25). The van der Waals surface area contributed by atoms with Crippen molar-refractivity contribution in [3.63, 3.8) is 0 Å². The lowest BCUT2D eigenvalue weighted by Gasteiger charge is -2.12. The highest BCUT2D eigenvalue weighted by atomic mass is 35.5. The number of hydrogen-bond acceptors (Lipinski definition) is 4. The van der Waals surface area contributed by atoms with Crippen molar-refractivity contribution in [2.45, 2.75) is 0 Å². The summed E-state index contributed by atoms with van der Waals surface area (Å²) in [5.41, 5.74) is 0.358. The van der Waals surface area contributed by atoms with Crippen LogP contribution >= 0.6 is 11.6 Å². The fraction of sp³-hybridized carbons (Fsp3) is 0.176. The zero-order chi connectivity index (χ0) is 19.4. The summed E-state index contributed by atoms with van der Waals surface area (Å²) in [7, 11) is 1.49. The van der Waals surface area contributed by atoms with Crippen molar-refractivity contribution in [3.8, 4) is 11.5 Å². The number of H-pyrrole nitrogens is 1. The Bertz CT molecular complexity index is 957. The van der Waals surface area contributed by atoms with Gasteiger partial charge in [-0.2, -0.15) is 0 Å². The maximum atomic E-state index is 14.4. The van der Waals surface area contributed by atoms with Crippen LogP contribution in [0.25, 0.3) is 11.0 Å². The predicted octanol–water partition coefficient (Wildman–Crippen LogP) is 4.05. The number of aromatic nitrogens is 2. The molecule has 142 valence electrons. The molecule has 0 aliphatic rings. The molecule has 3 aromatic rings. The fourth-order valence-electron chi connectivity index (χ4n) is 2.35. The number of rotatable bonds is 6. The van der Waals surface area contributed by atoms with E-state index in [-0.39, 0.29) is 18.0 Å². The van der Waals surface area contributed by atoms with Crippen LogP contribution in [0, 0.1) is 11.6 Å². The van der Waals surface area contributed by atoms with Crippen molar-refractivity contribution in [1.29, 1.82) is 0 Å². The van der Waals surface area contributed by atoms with Gasteiger partial charge in [0.1, 0.15) is 11.4 Å². The molecule has 2 amide bonds. The molecule has 0 aliphatic carbocycles. The molecule has 0 unspecified atom stereocenters. The molecule has 3 N–H and O–H groups in total. The van der Waals surface area contributed by atoms with Crippen molar-refractivity contribution in [3.05, 3.63) is 47.2 Å². The molecule has 10 heteroatoms. The van der Waals surface area contributed by atoms with Gasteiger partial charge in [-0.15, -0.1) is 0 Å². The Kier molecular flexibility index (Phi) is 5.72. The summed E-state index contributed by atoms with van der Waals surface area (Å²) in [6, 6.07) is 2.72. The van der Waals surface area contributed by atoms with E-state index in [9.17, 15) is 13.6 Å². The van der Waals surface area contributed by atoms with Gasteiger partial charge >= 0.3 is 6.03 Å². The number of amides is 2. The summed E-state index contributed by atoms with van der Waals surface area (Å²) < 4.78 is 38.9. The molecule has 7 nitrogen and oxygen atoms in total. The Morgan fingerprint density at radius 2 is 2.07 bits per heavy atom. The molecule has 3 rings (SSSR count). The summed E-state index contributed by atoms with van der Waals surface area (Å²) >= 11 is 6.06. The summed E-state index contributed by atoms with van der Waals surface area (Å²) in [5.74, 6) is -2.45. The normalized spacial score (nSPS) is 10.8. The molecular formula is C17H15ClF2N4O3. The lowest BCUT2D eigenvalue weighted by atomic mass is 10.2. The van der Waals surface area contributed by atoms with Gasteiger partial charge in [-0.05, 0) is 6.07 Å². The van der Waals surface area contributed by atoms with E-state index in [0.717, 1.165) is 12.1 Å². The number of nitrogens with zero attached hydrogens (tertiary/aromatic N) is 1. The van der Waals surface area contributed by atoms with Crippen LogP contribution in [0.15, 0.2) is 30.6 Å². The summed E-state index contributed by atoms with van der Waals surface area (Å²) in [4.78, 5) is 18.5. The van der Waals surface area contributed by atoms with Crippen molar-refractivity contribution in [2.24, 2.45) is 0 Å². The highest BCUT2D eigenvalue weighted by molar-refractivity contribution is 6.36.